The summed E-state index contributed by atoms with van der Waals surface area (Å²) in [4.78, 5) is 0. The smallest absolute Gasteiger partial charge is 0.161 e. The molecule has 2 N–H and O–H groups in total. The van der Waals surface area contributed by atoms with Crippen LogP contribution in [0.15, 0.2) is 12.1 Å². The molecule has 1 aromatic carbocycles. The molecule has 0 amide bonds. The number of halogens is 3. The van der Waals surface area contributed by atoms with Crippen molar-refractivity contribution in [2.24, 2.45) is 11.7 Å². The van der Waals surface area contributed by atoms with Gasteiger partial charge in [-0.15, -0.1) is 0 Å². The SMILES string of the molecule is N[C@@H](c1cc(F)c(F)cc1F)C1CCCCC1. The first-order chi connectivity index (χ1) is 8.09. The number of benzene rings is 1. The normalized spacial score (nSPS) is 19.3. The van der Waals surface area contributed by atoms with Crippen molar-refractivity contribution in [2.45, 2.75) is 38.1 Å². The van der Waals surface area contributed by atoms with E-state index >= 15 is 0 Å². The first-order valence-corrected chi connectivity index (χ1v) is 5.99. The van der Waals surface area contributed by atoms with Gasteiger partial charge in [0.1, 0.15) is 5.82 Å². The summed E-state index contributed by atoms with van der Waals surface area (Å²) in [6, 6.07) is 0.933. The monoisotopic (exact) mass is 243 g/mol. The van der Waals surface area contributed by atoms with Gasteiger partial charge in [0.05, 0.1) is 0 Å². The van der Waals surface area contributed by atoms with E-state index in [2.05, 4.69) is 0 Å². The standard InChI is InChI=1S/C13H16F3N/c14-10-7-12(16)11(15)6-9(10)13(17)8-4-2-1-3-5-8/h6-8,13H,1-5,17H2/t13-/m1/s1. The van der Waals surface area contributed by atoms with Crippen LogP contribution in [0.25, 0.3) is 0 Å². The molecule has 1 fully saturated rings. The molecule has 0 saturated heterocycles. The lowest BCUT2D eigenvalue weighted by Crippen LogP contribution is -2.24. The number of rotatable bonds is 2. The second kappa shape index (κ2) is 5.08. The van der Waals surface area contributed by atoms with Crippen molar-refractivity contribution >= 4 is 0 Å². The minimum atomic E-state index is -1.16. The van der Waals surface area contributed by atoms with E-state index in [1.165, 1.54) is 6.42 Å². The van der Waals surface area contributed by atoms with E-state index in [4.69, 9.17) is 5.73 Å². The molecule has 4 heteroatoms. The molecule has 1 nitrogen and oxygen atoms in total. The Labute approximate surface area is 98.8 Å². The lowest BCUT2D eigenvalue weighted by Gasteiger charge is -2.28. The highest BCUT2D eigenvalue weighted by molar-refractivity contribution is 5.23. The third kappa shape index (κ3) is 2.63. The summed E-state index contributed by atoms with van der Waals surface area (Å²) in [5.41, 5.74) is 6.05. The summed E-state index contributed by atoms with van der Waals surface area (Å²) in [5, 5.41) is 0. The lowest BCUT2D eigenvalue weighted by atomic mass is 9.81. The molecule has 0 heterocycles. The summed E-state index contributed by atoms with van der Waals surface area (Å²) in [7, 11) is 0. The van der Waals surface area contributed by atoms with E-state index in [1.54, 1.807) is 0 Å². The van der Waals surface area contributed by atoms with Crippen molar-refractivity contribution in [3.8, 4) is 0 Å². The number of hydrogen-bond acceptors (Lipinski definition) is 1. The van der Waals surface area contributed by atoms with E-state index in [1.807, 2.05) is 0 Å². The van der Waals surface area contributed by atoms with E-state index in [0.717, 1.165) is 31.7 Å². The topological polar surface area (TPSA) is 26.0 Å². The zero-order valence-electron chi connectivity index (χ0n) is 9.56. The number of hydrogen-bond donors (Lipinski definition) is 1. The van der Waals surface area contributed by atoms with Crippen molar-refractivity contribution < 1.29 is 13.2 Å². The summed E-state index contributed by atoms with van der Waals surface area (Å²) in [6.07, 6.45) is 5.18. The van der Waals surface area contributed by atoms with Gasteiger partial charge in [-0.3, -0.25) is 0 Å². The van der Waals surface area contributed by atoms with Crippen LogP contribution in [0.4, 0.5) is 13.2 Å². The fourth-order valence-electron chi connectivity index (χ4n) is 2.54. The molecule has 1 aliphatic rings. The minimum absolute atomic E-state index is 0.0933. The van der Waals surface area contributed by atoms with Gasteiger partial charge in [-0.2, -0.15) is 0 Å². The molecular weight excluding hydrogens is 227 g/mol. The maximum atomic E-state index is 13.5. The van der Waals surface area contributed by atoms with Gasteiger partial charge in [-0.05, 0) is 24.8 Å². The fourth-order valence-corrected chi connectivity index (χ4v) is 2.54. The molecule has 1 atom stereocenters. The van der Waals surface area contributed by atoms with E-state index in [-0.39, 0.29) is 11.5 Å². The van der Waals surface area contributed by atoms with E-state index < -0.39 is 23.5 Å². The molecule has 1 aliphatic carbocycles. The molecule has 0 aliphatic heterocycles. The molecule has 0 unspecified atom stereocenters. The van der Waals surface area contributed by atoms with Crippen LogP contribution in [0.1, 0.15) is 43.7 Å². The molecular formula is C13H16F3N. The largest absolute Gasteiger partial charge is 0.324 e. The first-order valence-electron chi connectivity index (χ1n) is 5.99. The van der Waals surface area contributed by atoms with Gasteiger partial charge in [0.15, 0.2) is 11.6 Å². The summed E-state index contributed by atoms with van der Waals surface area (Å²) in [5.74, 6) is -2.78. The quantitative estimate of drug-likeness (QED) is 0.788. The first kappa shape index (κ1) is 12.4. The Hall–Kier alpha value is -1.03. The summed E-state index contributed by atoms with van der Waals surface area (Å²) >= 11 is 0. The minimum Gasteiger partial charge on any atom is -0.324 e. The predicted molar refractivity (Wildman–Crippen MR) is 59.8 cm³/mol. The summed E-state index contributed by atoms with van der Waals surface area (Å²) < 4.78 is 39.4. The van der Waals surface area contributed by atoms with Crippen molar-refractivity contribution in [3.63, 3.8) is 0 Å². The highest BCUT2D eigenvalue weighted by Crippen LogP contribution is 2.34. The molecule has 0 spiro atoms. The highest BCUT2D eigenvalue weighted by atomic mass is 19.2. The molecule has 0 aromatic heterocycles. The third-order valence-corrected chi connectivity index (χ3v) is 3.56. The molecule has 2 rings (SSSR count). The van der Waals surface area contributed by atoms with E-state index in [0.29, 0.717) is 6.07 Å². The Bertz CT molecular complexity index is 400. The van der Waals surface area contributed by atoms with Gasteiger partial charge < -0.3 is 5.73 Å². The average Bonchev–Trinajstić information content (AvgIpc) is 2.34. The predicted octanol–water partition coefficient (Wildman–Crippen LogP) is 3.68. The zero-order valence-corrected chi connectivity index (χ0v) is 9.56. The van der Waals surface area contributed by atoms with Gasteiger partial charge in [-0.1, -0.05) is 19.3 Å². The zero-order chi connectivity index (χ0) is 12.4. The summed E-state index contributed by atoms with van der Waals surface area (Å²) in [6.45, 7) is 0. The lowest BCUT2D eigenvalue weighted by molar-refractivity contribution is 0.302. The molecule has 94 valence electrons. The molecule has 1 saturated carbocycles. The van der Waals surface area contributed by atoms with Crippen LogP contribution in [0, 0.1) is 23.4 Å². The van der Waals surface area contributed by atoms with Crippen molar-refractivity contribution in [1.82, 2.24) is 0 Å². The second-order valence-electron chi connectivity index (χ2n) is 4.71. The Kier molecular flexibility index (Phi) is 3.72. The van der Waals surface area contributed by atoms with Crippen LogP contribution >= 0.6 is 0 Å². The van der Waals surface area contributed by atoms with Gasteiger partial charge in [0.25, 0.3) is 0 Å². The highest BCUT2D eigenvalue weighted by Gasteiger charge is 2.25. The van der Waals surface area contributed by atoms with Crippen LogP contribution in [0.2, 0.25) is 0 Å². The van der Waals surface area contributed by atoms with Gasteiger partial charge >= 0.3 is 0 Å². The molecule has 17 heavy (non-hydrogen) atoms. The maximum absolute atomic E-state index is 13.5. The van der Waals surface area contributed by atoms with Gasteiger partial charge in [0.2, 0.25) is 0 Å². The van der Waals surface area contributed by atoms with Crippen LogP contribution < -0.4 is 5.73 Å². The second-order valence-corrected chi connectivity index (χ2v) is 4.71. The Morgan fingerprint density at radius 3 is 2.18 bits per heavy atom. The fraction of sp³-hybridized carbons (Fsp3) is 0.538. The average molecular weight is 243 g/mol. The van der Waals surface area contributed by atoms with Crippen LogP contribution in [0.5, 0.6) is 0 Å². The van der Waals surface area contributed by atoms with Gasteiger partial charge in [-0.25, -0.2) is 13.2 Å². The molecule has 0 radical (unpaired) electrons. The Balaban J connectivity index is 2.23. The Morgan fingerprint density at radius 1 is 0.941 bits per heavy atom. The third-order valence-electron chi connectivity index (χ3n) is 3.56. The number of nitrogens with two attached hydrogens (primary N) is 1. The van der Waals surface area contributed by atoms with Crippen molar-refractivity contribution in [1.29, 1.82) is 0 Å². The van der Waals surface area contributed by atoms with Crippen LogP contribution in [-0.4, -0.2) is 0 Å². The van der Waals surface area contributed by atoms with Gasteiger partial charge in [0, 0.05) is 17.7 Å². The van der Waals surface area contributed by atoms with Crippen molar-refractivity contribution in [3.05, 3.63) is 35.1 Å². The van der Waals surface area contributed by atoms with E-state index in [9.17, 15) is 13.2 Å². The maximum Gasteiger partial charge on any atom is 0.161 e. The Morgan fingerprint density at radius 2 is 1.53 bits per heavy atom. The molecule has 1 aromatic rings. The van der Waals surface area contributed by atoms with Crippen LogP contribution in [-0.2, 0) is 0 Å². The van der Waals surface area contributed by atoms with Crippen molar-refractivity contribution in [2.75, 3.05) is 0 Å². The van der Waals surface area contributed by atoms with Crippen LogP contribution in [0.3, 0.4) is 0 Å². The molecule has 0 bridgehead atoms.